The smallest absolute Gasteiger partial charge is 0.200 e. The topological polar surface area (TPSA) is 9.23 Å². The van der Waals surface area contributed by atoms with E-state index in [1.165, 1.54) is 0 Å². The van der Waals surface area contributed by atoms with Crippen LogP contribution in [0.2, 0.25) is 0 Å². The molecule has 0 unspecified atom stereocenters. The highest BCUT2D eigenvalue weighted by Gasteiger charge is 2.27. The van der Waals surface area contributed by atoms with Gasteiger partial charge in [0.15, 0.2) is 11.6 Å². The van der Waals surface area contributed by atoms with Crippen LogP contribution in [-0.2, 0) is 0 Å². The molecule has 0 bridgehead atoms. The summed E-state index contributed by atoms with van der Waals surface area (Å²) in [4.78, 5) is 0. The number of hydrogen-bond acceptors (Lipinski definition) is 1. The summed E-state index contributed by atoms with van der Waals surface area (Å²) in [5.41, 5.74) is 0.521. The van der Waals surface area contributed by atoms with Crippen LogP contribution in [0.4, 0.5) is 8.78 Å². The van der Waals surface area contributed by atoms with Crippen molar-refractivity contribution in [3.8, 4) is 5.75 Å². The van der Waals surface area contributed by atoms with E-state index in [0.29, 0.717) is 18.1 Å². The molecule has 1 aromatic rings. The van der Waals surface area contributed by atoms with Crippen LogP contribution < -0.4 is 4.74 Å². The van der Waals surface area contributed by atoms with E-state index in [1.54, 1.807) is 12.1 Å². The lowest BCUT2D eigenvalue weighted by atomic mass is 9.80. The molecule has 17 heavy (non-hydrogen) atoms. The van der Waals surface area contributed by atoms with Gasteiger partial charge >= 0.3 is 0 Å². The second-order valence-electron chi connectivity index (χ2n) is 5.16. The van der Waals surface area contributed by atoms with Gasteiger partial charge in [0.2, 0.25) is 5.82 Å². The van der Waals surface area contributed by atoms with E-state index in [4.69, 9.17) is 4.74 Å². The van der Waals surface area contributed by atoms with Crippen LogP contribution in [0, 0.1) is 17.6 Å². The molecule has 2 fully saturated rings. The maximum absolute atomic E-state index is 13.8. The fourth-order valence-corrected chi connectivity index (χ4v) is 2.18. The minimum absolute atomic E-state index is 0.0671. The fourth-order valence-electron chi connectivity index (χ4n) is 2.18. The first-order chi connectivity index (χ1) is 8.25. The average Bonchev–Trinajstić information content (AvgIpc) is 3.05. The van der Waals surface area contributed by atoms with Gasteiger partial charge in [-0.05, 0) is 49.1 Å². The van der Waals surface area contributed by atoms with Crippen molar-refractivity contribution in [3.63, 3.8) is 0 Å². The van der Waals surface area contributed by atoms with Gasteiger partial charge in [-0.15, -0.1) is 0 Å². The number of benzene rings is 1. The quantitative estimate of drug-likeness (QED) is 0.769. The Morgan fingerprint density at radius 1 is 1.06 bits per heavy atom. The zero-order valence-electron chi connectivity index (χ0n) is 9.72. The second kappa shape index (κ2) is 4.28. The SMILES string of the molecule is Fc1c(OCC2CC2)ccc(C2CCC2)c1F. The molecule has 0 saturated heterocycles. The lowest BCUT2D eigenvalue weighted by Crippen LogP contribution is -2.12. The van der Waals surface area contributed by atoms with E-state index >= 15 is 0 Å². The maximum Gasteiger partial charge on any atom is 0.200 e. The predicted octanol–water partition coefficient (Wildman–Crippen LogP) is 4.02. The molecule has 0 aromatic heterocycles. The molecule has 2 aliphatic rings. The molecule has 1 nitrogen and oxygen atoms in total. The number of ether oxygens (including phenoxy) is 1. The van der Waals surface area contributed by atoms with Crippen molar-refractivity contribution in [2.75, 3.05) is 6.61 Å². The molecule has 92 valence electrons. The van der Waals surface area contributed by atoms with Crippen LogP contribution in [0.1, 0.15) is 43.6 Å². The van der Waals surface area contributed by atoms with Crippen LogP contribution >= 0.6 is 0 Å². The highest BCUT2D eigenvalue weighted by molar-refractivity contribution is 5.33. The molecule has 2 saturated carbocycles. The van der Waals surface area contributed by atoms with Gasteiger partial charge < -0.3 is 4.74 Å². The summed E-state index contributed by atoms with van der Waals surface area (Å²) in [6.45, 7) is 0.513. The van der Waals surface area contributed by atoms with Gasteiger partial charge in [0.25, 0.3) is 0 Å². The molecule has 2 aliphatic carbocycles. The number of rotatable bonds is 4. The lowest BCUT2D eigenvalue weighted by Gasteiger charge is -2.26. The van der Waals surface area contributed by atoms with Crippen molar-refractivity contribution in [2.45, 2.75) is 38.0 Å². The Morgan fingerprint density at radius 2 is 1.82 bits per heavy atom. The van der Waals surface area contributed by atoms with Crippen molar-refractivity contribution < 1.29 is 13.5 Å². The zero-order chi connectivity index (χ0) is 11.8. The normalized spacial score (nSPS) is 20.1. The predicted molar refractivity (Wildman–Crippen MR) is 61.2 cm³/mol. The Morgan fingerprint density at radius 3 is 2.41 bits per heavy atom. The molecule has 1 aromatic carbocycles. The molecule has 0 amide bonds. The monoisotopic (exact) mass is 238 g/mol. The zero-order valence-corrected chi connectivity index (χ0v) is 9.72. The minimum atomic E-state index is -0.810. The van der Waals surface area contributed by atoms with Gasteiger partial charge in [-0.3, -0.25) is 0 Å². The van der Waals surface area contributed by atoms with Crippen LogP contribution in [0.25, 0.3) is 0 Å². The van der Waals surface area contributed by atoms with Gasteiger partial charge in [-0.25, -0.2) is 4.39 Å². The molecule has 0 spiro atoms. The van der Waals surface area contributed by atoms with Crippen molar-refractivity contribution in [2.24, 2.45) is 5.92 Å². The van der Waals surface area contributed by atoms with Gasteiger partial charge in [0.05, 0.1) is 6.61 Å². The summed E-state index contributed by atoms with van der Waals surface area (Å²) in [5.74, 6) is -0.693. The maximum atomic E-state index is 13.8. The second-order valence-corrected chi connectivity index (χ2v) is 5.16. The van der Waals surface area contributed by atoms with E-state index < -0.39 is 11.6 Å². The number of hydrogen-bond donors (Lipinski definition) is 0. The summed E-state index contributed by atoms with van der Waals surface area (Å²) in [5, 5.41) is 0. The molecule has 3 heteroatoms. The van der Waals surface area contributed by atoms with Crippen LogP contribution in [-0.4, -0.2) is 6.61 Å². The molecule has 0 atom stereocenters. The summed E-state index contributed by atoms with van der Waals surface area (Å²) in [6, 6.07) is 3.26. The molecular formula is C14H16F2O. The lowest BCUT2D eigenvalue weighted by molar-refractivity contribution is 0.278. The van der Waals surface area contributed by atoms with Gasteiger partial charge in [-0.2, -0.15) is 4.39 Å². The Bertz CT molecular complexity index is 422. The Labute approximate surface area is 99.8 Å². The minimum Gasteiger partial charge on any atom is -0.490 e. The molecule has 3 rings (SSSR count). The van der Waals surface area contributed by atoms with E-state index in [-0.39, 0.29) is 11.7 Å². The third-order valence-corrected chi connectivity index (χ3v) is 3.79. The first-order valence-electron chi connectivity index (χ1n) is 6.36. The van der Waals surface area contributed by atoms with Crippen molar-refractivity contribution in [1.29, 1.82) is 0 Å². The Balaban J connectivity index is 1.77. The van der Waals surface area contributed by atoms with E-state index in [2.05, 4.69) is 0 Å². The summed E-state index contributed by atoms with van der Waals surface area (Å²) in [7, 11) is 0. The van der Waals surface area contributed by atoms with Gasteiger partial charge in [-0.1, -0.05) is 12.5 Å². The van der Waals surface area contributed by atoms with Crippen molar-refractivity contribution in [3.05, 3.63) is 29.3 Å². The first-order valence-corrected chi connectivity index (χ1v) is 6.36. The summed E-state index contributed by atoms with van der Waals surface area (Å²) < 4.78 is 32.9. The van der Waals surface area contributed by atoms with E-state index in [1.807, 2.05) is 0 Å². The molecule has 0 aliphatic heterocycles. The van der Waals surface area contributed by atoms with Crippen LogP contribution in [0.15, 0.2) is 12.1 Å². The standard InChI is InChI=1S/C14H16F2O/c15-13-11(10-2-1-3-10)6-7-12(14(13)16)17-8-9-4-5-9/h6-7,9-10H,1-5,8H2. The molecule has 0 radical (unpaired) electrons. The average molecular weight is 238 g/mol. The highest BCUT2D eigenvalue weighted by atomic mass is 19.2. The summed E-state index contributed by atoms with van der Waals surface area (Å²) >= 11 is 0. The first kappa shape index (κ1) is 11.0. The fraction of sp³-hybridized carbons (Fsp3) is 0.571. The third kappa shape index (κ3) is 2.15. The Kier molecular flexibility index (Phi) is 2.77. The highest BCUT2D eigenvalue weighted by Crippen LogP contribution is 2.39. The van der Waals surface area contributed by atoms with Crippen molar-refractivity contribution in [1.82, 2.24) is 0 Å². The van der Waals surface area contributed by atoms with E-state index in [9.17, 15) is 8.78 Å². The van der Waals surface area contributed by atoms with Gasteiger partial charge in [0, 0.05) is 0 Å². The Hall–Kier alpha value is -1.12. The van der Waals surface area contributed by atoms with Crippen LogP contribution in [0.5, 0.6) is 5.75 Å². The molecule has 0 N–H and O–H groups in total. The number of halogens is 2. The van der Waals surface area contributed by atoms with E-state index in [0.717, 1.165) is 32.1 Å². The largest absolute Gasteiger partial charge is 0.490 e. The molecular weight excluding hydrogens is 222 g/mol. The van der Waals surface area contributed by atoms with Crippen LogP contribution in [0.3, 0.4) is 0 Å². The molecule has 0 heterocycles. The third-order valence-electron chi connectivity index (χ3n) is 3.79. The van der Waals surface area contributed by atoms with Crippen molar-refractivity contribution >= 4 is 0 Å². The summed E-state index contributed by atoms with van der Waals surface area (Å²) in [6.07, 6.45) is 5.34. The van der Waals surface area contributed by atoms with Gasteiger partial charge in [0.1, 0.15) is 0 Å².